The summed E-state index contributed by atoms with van der Waals surface area (Å²) in [5.74, 6) is 2.26. The van der Waals surface area contributed by atoms with E-state index in [0.29, 0.717) is 29.2 Å². The molecule has 0 bridgehead atoms. The molecule has 1 unspecified atom stereocenters. The Morgan fingerprint density at radius 1 is 1.25 bits per heavy atom. The molecule has 3 N–H and O–H groups in total. The standard InChI is InChI=1S/C16H24N6O2/c1-23-16-19-12-13(17)20-15(18-6-4-10-2-3-10)21-14(12)22(16)8-11-5-7-24-9-11/h10-11H,2-9H2,1H3,(H3,17,18,20,21). The molecule has 1 saturated heterocycles. The fourth-order valence-electron chi connectivity index (χ4n) is 3.18. The van der Waals surface area contributed by atoms with Crippen LogP contribution in [0, 0.1) is 11.8 Å². The van der Waals surface area contributed by atoms with E-state index in [9.17, 15) is 0 Å². The molecule has 0 radical (unpaired) electrons. The molecule has 1 aliphatic heterocycles. The van der Waals surface area contributed by atoms with Gasteiger partial charge in [0.05, 0.1) is 13.7 Å². The number of anilines is 2. The monoisotopic (exact) mass is 332 g/mol. The third-order valence-electron chi connectivity index (χ3n) is 4.77. The molecule has 2 fully saturated rings. The van der Waals surface area contributed by atoms with Gasteiger partial charge in [0.15, 0.2) is 17.0 Å². The summed E-state index contributed by atoms with van der Waals surface area (Å²) in [5.41, 5.74) is 7.42. The number of fused-ring (bicyclic) bond motifs is 1. The van der Waals surface area contributed by atoms with Gasteiger partial charge in [0, 0.05) is 25.6 Å². The molecule has 8 nitrogen and oxygen atoms in total. The molecule has 8 heteroatoms. The molecule has 2 aromatic rings. The number of aromatic nitrogens is 4. The van der Waals surface area contributed by atoms with E-state index in [1.54, 1.807) is 7.11 Å². The summed E-state index contributed by atoms with van der Waals surface area (Å²) in [6.07, 6.45) is 4.88. The van der Waals surface area contributed by atoms with Crippen LogP contribution in [-0.2, 0) is 11.3 Å². The van der Waals surface area contributed by atoms with Crippen molar-refractivity contribution in [2.24, 2.45) is 11.8 Å². The predicted octanol–water partition coefficient (Wildman–Crippen LogP) is 1.67. The number of imidazole rings is 1. The summed E-state index contributed by atoms with van der Waals surface area (Å²) in [4.78, 5) is 13.4. The molecule has 1 atom stereocenters. The summed E-state index contributed by atoms with van der Waals surface area (Å²) in [6, 6.07) is 0.521. The maximum absolute atomic E-state index is 6.10. The molecular formula is C16H24N6O2. The van der Waals surface area contributed by atoms with Crippen molar-refractivity contribution in [3.63, 3.8) is 0 Å². The smallest absolute Gasteiger partial charge is 0.298 e. The Bertz CT molecular complexity index is 721. The SMILES string of the molecule is COc1nc2c(N)nc(NCCC3CC3)nc2n1CC1CCOC1. The van der Waals surface area contributed by atoms with Gasteiger partial charge in [-0.1, -0.05) is 12.8 Å². The molecule has 1 saturated carbocycles. The van der Waals surface area contributed by atoms with Crippen molar-refractivity contribution in [1.29, 1.82) is 0 Å². The van der Waals surface area contributed by atoms with Gasteiger partial charge in [-0.15, -0.1) is 0 Å². The van der Waals surface area contributed by atoms with Crippen molar-refractivity contribution < 1.29 is 9.47 Å². The van der Waals surface area contributed by atoms with Gasteiger partial charge in [0.2, 0.25) is 5.95 Å². The van der Waals surface area contributed by atoms with E-state index in [2.05, 4.69) is 20.3 Å². The summed E-state index contributed by atoms with van der Waals surface area (Å²) in [7, 11) is 1.61. The van der Waals surface area contributed by atoms with Crippen molar-refractivity contribution in [2.45, 2.75) is 32.2 Å². The quantitative estimate of drug-likeness (QED) is 0.795. The highest BCUT2D eigenvalue weighted by atomic mass is 16.5. The minimum Gasteiger partial charge on any atom is -0.468 e. The van der Waals surface area contributed by atoms with Crippen molar-refractivity contribution in [3.8, 4) is 6.01 Å². The molecule has 2 aliphatic rings. The number of hydrogen-bond acceptors (Lipinski definition) is 7. The first-order valence-electron chi connectivity index (χ1n) is 8.64. The average Bonchev–Trinajstić information content (AvgIpc) is 3.12. The van der Waals surface area contributed by atoms with E-state index in [1.165, 1.54) is 12.8 Å². The highest BCUT2D eigenvalue weighted by Gasteiger charge is 2.23. The van der Waals surface area contributed by atoms with Gasteiger partial charge in [0.1, 0.15) is 0 Å². The van der Waals surface area contributed by atoms with Crippen LogP contribution in [0.1, 0.15) is 25.7 Å². The van der Waals surface area contributed by atoms with Crippen LogP contribution in [-0.4, -0.2) is 46.4 Å². The van der Waals surface area contributed by atoms with E-state index in [0.717, 1.165) is 50.7 Å². The molecule has 0 amide bonds. The predicted molar refractivity (Wildman–Crippen MR) is 91.0 cm³/mol. The molecule has 130 valence electrons. The Morgan fingerprint density at radius 2 is 2.12 bits per heavy atom. The second-order valence-corrected chi connectivity index (χ2v) is 6.70. The first-order valence-corrected chi connectivity index (χ1v) is 8.64. The third-order valence-corrected chi connectivity index (χ3v) is 4.77. The zero-order chi connectivity index (χ0) is 16.5. The highest BCUT2D eigenvalue weighted by molar-refractivity contribution is 5.84. The van der Waals surface area contributed by atoms with Gasteiger partial charge in [0.25, 0.3) is 6.01 Å². The number of ether oxygens (including phenoxy) is 2. The molecular weight excluding hydrogens is 308 g/mol. The summed E-state index contributed by atoms with van der Waals surface area (Å²) in [5, 5.41) is 3.29. The van der Waals surface area contributed by atoms with E-state index in [1.807, 2.05) is 4.57 Å². The van der Waals surface area contributed by atoms with Crippen LogP contribution in [0.5, 0.6) is 6.01 Å². The van der Waals surface area contributed by atoms with E-state index in [-0.39, 0.29) is 0 Å². The second-order valence-electron chi connectivity index (χ2n) is 6.70. The van der Waals surface area contributed by atoms with Gasteiger partial charge in [-0.25, -0.2) is 0 Å². The fourth-order valence-corrected chi connectivity index (χ4v) is 3.18. The molecule has 2 aromatic heterocycles. The highest BCUT2D eigenvalue weighted by Crippen LogP contribution is 2.32. The number of hydrogen-bond donors (Lipinski definition) is 2. The van der Waals surface area contributed by atoms with Gasteiger partial charge < -0.3 is 20.5 Å². The molecule has 1 aliphatic carbocycles. The van der Waals surface area contributed by atoms with E-state index >= 15 is 0 Å². The lowest BCUT2D eigenvalue weighted by Crippen LogP contribution is -2.13. The Morgan fingerprint density at radius 3 is 2.83 bits per heavy atom. The Labute approximate surface area is 140 Å². The van der Waals surface area contributed by atoms with E-state index in [4.69, 9.17) is 15.2 Å². The lowest BCUT2D eigenvalue weighted by molar-refractivity contribution is 0.181. The largest absolute Gasteiger partial charge is 0.468 e. The van der Waals surface area contributed by atoms with Crippen molar-refractivity contribution in [2.75, 3.05) is 37.9 Å². The van der Waals surface area contributed by atoms with Crippen LogP contribution >= 0.6 is 0 Å². The molecule has 3 heterocycles. The Kier molecular flexibility index (Phi) is 4.13. The first-order chi connectivity index (χ1) is 11.7. The number of nitrogen functional groups attached to an aromatic ring is 1. The maximum atomic E-state index is 6.10. The van der Waals surface area contributed by atoms with Crippen LogP contribution in [0.2, 0.25) is 0 Å². The fraction of sp³-hybridized carbons (Fsp3) is 0.688. The van der Waals surface area contributed by atoms with Crippen LogP contribution < -0.4 is 15.8 Å². The van der Waals surface area contributed by atoms with Gasteiger partial charge in [-0.3, -0.25) is 4.57 Å². The summed E-state index contributed by atoms with van der Waals surface area (Å²) >= 11 is 0. The Balaban J connectivity index is 1.61. The van der Waals surface area contributed by atoms with Crippen molar-refractivity contribution in [3.05, 3.63) is 0 Å². The van der Waals surface area contributed by atoms with Crippen LogP contribution in [0.3, 0.4) is 0 Å². The summed E-state index contributed by atoms with van der Waals surface area (Å²) < 4.78 is 12.9. The number of nitrogens with one attached hydrogen (secondary N) is 1. The summed E-state index contributed by atoms with van der Waals surface area (Å²) in [6.45, 7) is 3.20. The third kappa shape index (κ3) is 3.10. The number of nitrogens with two attached hydrogens (primary N) is 1. The zero-order valence-electron chi connectivity index (χ0n) is 14.0. The zero-order valence-corrected chi connectivity index (χ0v) is 14.0. The van der Waals surface area contributed by atoms with Crippen molar-refractivity contribution >= 4 is 22.9 Å². The number of rotatable bonds is 7. The van der Waals surface area contributed by atoms with Crippen LogP contribution in [0.4, 0.5) is 11.8 Å². The average molecular weight is 332 g/mol. The lowest BCUT2D eigenvalue weighted by atomic mass is 10.1. The lowest BCUT2D eigenvalue weighted by Gasteiger charge is -2.12. The van der Waals surface area contributed by atoms with Crippen molar-refractivity contribution in [1.82, 2.24) is 19.5 Å². The molecule has 4 rings (SSSR count). The van der Waals surface area contributed by atoms with Gasteiger partial charge in [-0.2, -0.15) is 15.0 Å². The Hall–Kier alpha value is -2.09. The maximum Gasteiger partial charge on any atom is 0.298 e. The van der Waals surface area contributed by atoms with E-state index < -0.39 is 0 Å². The normalized spacial score (nSPS) is 20.6. The molecule has 24 heavy (non-hydrogen) atoms. The van der Waals surface area contributed by atoms with Gasteiger partial charge >= 0.3 is 0 Å². The number of nitrogens with zero attached hydrogens (tertiary/aromatic N) is 4. The molecule has 0 aromatic carbocycles. The van der Waals surface area contributed by atoms with Gasteiger partial charge in [-0.05, 0) is 18.8 Å². The first kappa shape index (κ1) is 15.4. The minimum absolute atomic E-state index is 0.383. The number of methoxy groups -OCH3 is 1. The minimum atomic E-state index is 0.383. The van der Waals surface area contributed by atoms with Crippen LogP contribution in [0.15, 0.2) is 0 Å². The molecule has 0 spiro atoms. The second kappa shape index (κ2) is 6.43. The topological polar surface area (TPSA) is 100 Å². The van der Waals surface area contributed by atoms with Crippen LogP contribution in [0.25, 0.3) is 11.2 Å².